The number of hydrogen-bond acceptors (Lipinski definition) is 3. The maximum absolute atomic E-state index is 4.44. The number of rotatable bonds is 2. The van der Waals surface area contributed by atoms with E-state index in [2.05, 4.69) is 45.5 Å². The summed E-state index contributed by atoms with van der Waals surface area (Å²) in [7, 11) is 0. The predicted molar refractivity (Wildman–Crippen MR) is 64.6 cm³/mol. The van der Waals surface area contributed by atoms with Crippen LogP contribution in [0.15, 0.2) is 18.6 Å². The molecule has 0 fully saturated rings. The maximum Gasteiger partial charge on any atom is 0.156 e. The summed E-state index contributed by atoms with van der Waals surface area (Å²) in [5.41, 5.74) is 2.24. The summed E-state index contributed by atoms with van der Waals surface area (Å²) < 4.78 is 2.25. The fourth-order valence-electron chi connectivity index (χ4n) is 2.39. The Kier molecular flexibility index (Phi) is 2.09. The molecule has 2 aromatic rings. The first-order valence-corrected chi connectivity index (χ1v) is 5.80. The van der Waals surface area contributed by atoms with Crippen molar-refractivity contribution in [1.82, 2.24) is 14.5 Å². The van der Waals surface area contributed by atoms with Crippen molar-refractivity contribution >= 4 is 16.9 Å². The fraction of sp³-hybridized carbons (Fsp3) is 0.500. The summed E-state index contributed by atoms with van der Waals surface area (Å²) in [5.74, 6) is 1.75. The molecule has 84 valence electrons. The lowest BCUT2D eigenvalue weighted by atomic mass is 10.2. The van der Waals surface area contributed by atoms with Gasteiger partial charge in [-0.1, -0.05) is 13.8 Å². The molecule has 3 rings (SSSR count). The summed E-state index contributed by atoms with van der Waals surface area (Å²) in [6.07, 6.45) is 3.77. The minimum absolute atomic E-state index is 0.659. The molecule has 3 heterocycles. The van der Waals surface area contributed by atoms with Gasteiger partial charge in [-0.25, -0.2) is 9.97 Å². The summed E-state index contributed by atoms with van der Waals surface area (Å²) in [6, 6.07) is 2.07. The van der Waals surface area contributed by atoms with Crippen molar-refractivity contribution in [2.75, 3.05) is 18.0 Å². The molecule has 0 aromatic carbocycles. The van der Waals surface area contributed by atoms with Gasteiger partial charge in [-0.2, -0.15) is 0 Å². The van der Waals surface area contributed by atoms with Gasteiger partial charge in [-0.15, -0.1) is 0 Å². The molecule has 0 unspecified atom stereocenters. The Bertz CT molecular complexity index is 515. The molecule has 0 N–H and O–H groups in total. The van der Waals surface area contributed by atoms with Gasteiger partial charge >= 0.3 is 0 Å². The van der Waals surface area contributed by atoms with Crippen molar-refractivity contribution in [3.63, 3.8) is 0 Å². The first-order chi connectivity index (χ1) is 7.75. The standard InChI is InChI=1S/C12H16N4/c1-9(2)7-16-6-5-15-4-3-10-11(15)12(16)14-8-13-10/h3-4,8-9H,5-7H2,1-2H3. The van der Waals surface area contributed by atoms with Crippen LogP contribution in [-0.2, 0) is 6.54 Å². The molecule has 1 aliphatic rings. The number of anilines is 1. The number of hydrogen-bond donors (Lipinski definition) is 0. The van der Waals surface area contributed by atoms with E-state index >= 15 is 0 Å². The molecule has 0 spiro atoms. The topological polar surface area (TPSA) is 34.0 Å². The Morgan fingerprint density at radius 1 is 1.31 bits per heavy atom. The summed E-state index contributed by atoms with van der Waals surface area (Å²) in [4.78, 5) is 11.1. The molecule has 2 aromatic heterocycles. The maximum atomic E-state index is 4.44. The largest absolute Gasteiger partial charge is 0.353 e. The highest BCUT2D eigenvalue weighted by Gasteiger charge is 2.20. The van der Waals surface area contributed by atoms with E-state index in [-0.39, 0.29) is 0 Å². The highest BCUT2D eigenvalue weighted by molar-refractivity contribution is 5.87. The van der Waals surface area contributed by atoms with Crippen molar-refractivity contribution in [2.24, 2.45) is 5.92 Å². The first-order valence-electron chi connectivity index (χ1n) is 5.80. The van der Waals surface area contributed by atoms with Crippen molar-refractivity contribution < 1.29 is 0 Å². The highest BCUT2D eigenvalue weighted by Crippen LogP contribution is 2.27. The van der Waals surface area contributed by atoms with Crippen LogP contribution in [-0.4, -0.2) is 27.6 Å². The second-order valence-corrected chi connectivity index (χ2v) is 4.78. The van der Waals surface area contributed by atoms with Gasteiger partial charge in [0, 0.05) is 25.8 Å². The fourth-order valence-corrected chi connectivity index (χ4v) is 2.39. The normalized spacial score (nSPS) is 15.1. The third-order valence-electron chi connectivity index (χ3n) is 3.03. The third kappa shape index (κ3) is 1.37. The van der Waals surface area contributed by atoms with Crippen molar-refractivity contribution in [3.8, 4) is 0 Å². The quantitative estimate of drug-likeness (QED) is 0.769. The molecule has 4 heteroatoms. The van der Waals surface area contributed by atoms with E-state index in [1.165, 1.54) is 5.52 Å². The Hall–Kier alpha value is -1.58. The zero-order valence-corrected chi connectivity index (χ0v) is 9.72. The van der Waals surface area contributed by atoms with E-state index in [1.54, 1.807) is 6.33 Å². The van der Waals surface area contributed by atoms with Crippen molar-refractivity contribution in [3.05, 3.63) is 18.6 Å². The van der Waals surface area contributed by atoms with Crippen molar-refractivity contribution in [2.45, 2.75) is 20.4 Å². The van der Waals surface area contributed by atoms with E-state index < -0.39 is 0 Å². The van der Waals surface area contributed by atoms with Crippen LogP contribution in [0.2, 0.25) is 0 Å². The molecule has 1 aliphatic heterocycles. The van der Waals surface area contributed by atoms with Crippen molar-refractivity contribution in [1.29, 1.82) is 0 Å². The Morgan fingerprint density at radius 2 is 2.19 bits per heavy atom. The van der Waals surface area contributed by atoms with Gasteiger partial charge in [0.1, 0.15) is 11.8 Å². The van der Waals surface area contributed by atoms with Crippen LogP contribution in [0.5, 0.6) is 0 Å². The smallest absolute Gasteiger partial charge is 0.156 e. The van der Waals surface area contributed by atoms with Crippen LogP contribution in [0.1, 0.15) is 13.8 Å². The molecule has 16 heavy (non-hydrogen) atoms. The monoisotopic (exact) mass is 216 g/mol. The van der Waals surface area contributed by atoms with E-state index in [0.29, 0.717) is 5.92 Å². The van der Waals surface area contributed by atoms with Gasteiger partial charge in [0.05, 0.1) is 5.52 Å². The van der Waals surface area contributed by atoms with Crippen LogP contribution >= 0.6 is 0 Å². The van der Waals surface area contributed by atoms with Crippen LogP contribution in [0.4, 0.5) is 5.82 Å². The molecule has 0 saturated heterocycles. The lowest BCUT2D eigenvalue weighted by Gasteiger charge is -2.30. The third-order valence-corrected chi connectivity index (χ3v) is 3.03. The Labute approximate surface area is 94.9 Å². The second-order valence-electron chi connectivity index (χ2n) is 4.78. The number of aromatic nitrogens is 3. The predicted octanol–water partition coefficient (Wildman–Crippen LogP) is 1.91. The van der Waals surface area contributed by atoms with Crippen LogP contribution in [0.3, 0.4) is 0 Å². The second kappa shape index (κ2) is 3.47. The average molecular weight is 216 g/mol. The molecular formula is C12H16N4. The van der Waals surface area contributed by atoms with E-state index in [4.69, 9.17) is 0 Å². The Balaban J connectivity index is 2.12. The van der Waals surface area contributed by atoms with Gasteiger partial charge in [-0.3, -0.25) is 0 Å². The zero-order valence-electron chi connectivity index (χ0n) is 9.72. The van der Waals surface area contributed by atoms with Crippen LogP contribution < -0.4 is 4.90 Å². The zero-order chi connectivity index (χ0) is 11.1. The summed E-state index contributed by atoms with van der Waals surface area (Å²) >= 11 is 0. The molecular weight excluding hydrogens is 200 g/mol. The van der Waals surface area contributed by atoms with E-state index in [1.807, 2.05) is 0 Å². The molecule has 0 bridgehead atoms. The lowest BCUT2D eigenvalue weighted by molar-refractivity contribution is 0.567. The van der Waals surface area contributed by atoms with E-state index in [0.717, 1.165) is 31.0 Å². The van der Waals surface area contributed by atoms with Gasteiger partial charge in [0.25, 0.3) is 0 Å². The molecule has 0 radical (unpaired) electrons. The minimum atomic E-state index is 0.659. The molecule has 4 nitrogen and oxygen atoms in total. The Morgan fingerprint density at radius 3 is 3.00 bits per heavy atom. The van der Waals surface area contributed by atoms with Gasteiger partial charge in [0.2, 0.25) is 0 Å². The van der Waals surface area contributed by atoms with Gasteiger partial charge in [0.15, 0.2) is 5.82 Å². The average Bonchev–Trinajstić information content (AvgIpc) is 2.67. The van der Waals surface area contributed by atoms with Gasteiger partial charge < -0.3 is 9.47 Å². The molecule has 0 aliphatic carbocycles. The van der Waals surface area contributed by atoms with Gasteiger partial charge in [-0.05, 0) is 12.0 Å². The number of nitrogens with zero attached hydrogens (tertiary/aromatic N) is 4. The molecule has 0 atom stereocenters. The highest BCUT2D eigenvalue weighted by atomic mass is 15.3. The molecule has 0 amide bonds. The minimum Gasteiger partial charge on any atom is -0.353 e. The van der Waals surface area contributed by atoms with Crippen LogP contribution in [0.25, 0.3) is 11.0 Å². The lowest BCUT2D eigenvalue weighted by Crippen LogP contribution is -2.35. The SMILES string of the molecule is CC(C)CN1CCn2ccc3ncnc1c32. The molecule has 0 saturated carbocycles. The van der Waals surface area contributed by atoms with Crippen LogP contribution in [0, 0.1) is 5.92 Å². The first kappa shape index (κ1) is 9.63. The summed E-state index contributed by atoms with van der Waals surface area (Å²) in [5, 5.41) is 0. The van der Waals surface area contributed by atoms with E-state index in [9.17, 15) is 0 Å². The summed E-state index contributed by atoms with van der Waals surface area (Å²) in [6.45, 7) is 7.64.